The second-order valence-corrected chi connectivity index (χ2v) is 8.06. The molecule has 5 nitrogen and oxygen atoms in total. The zero-order valence-corrected chi connectivity index (χ0v) is 16.0. The highest BCUT2D eigenvalue weighted by Gasteiger charge is 2.26. The minimum absolute atomic E-state index is 0.528. The molecule has 2 aliphatic rings. The summed E-state index contributed by atoms with van der Waals surface area (Å²) in [4.78, 5) is 6.97. The molecule has 0 aromatic carbocycles. The number of rotatable bonds is 6. The molecule has 2 N–H and O–H groups in total. The first-order chi connectivity index (χ1) is 11.1. The van der Waals surface area contributed by atoms with Gasteiger partial charge >= 0.3 is 0 Å². The molecule has 0 aromatic rings. The maximum Gasteiger partial charge on any atom is 0.191 e. The number of aliphatic imine (C=N–C) groups is 1. The molecule has 2 fully saturated rings. The van der Waals surface area contributed by atoms with Crippen molar-refractivity contribution in [3.05, 3.63) is 0 Å². The lowest BCUT2D eigenvalue weighted by atomic mass is 10.0. The molecule has 1 aliphatic carbocycles. The van der Waals surface area contributed by atoms with E-state index in [4.69, 9.17) is 4.74 Å². The van der Waals surface area contributed by atoms with Crippen molar-refractivity contribution in [1.29, 1.82) is 0 Å². The Morgan fingerprint density at radius 3 is 2.61 bits per heavy atom. The Kier molecular flexibility index (Phi) is 7.99. The summed E-state index contributed by atoms with van der Waals surface area (Å²) in [6.07, 6.45) is 6.04. The zero-order valence-electron chi connectivity index (χ0n) is 15.2. The number of hydrogen-bond donors (Lipinski definition) is 2. The van der Waals surface area contributed by atoms with E-state index in [0.29, 0.717) is 18.0 Å². The zero-order chi connectivity index (χ0) is 16.7. The number of nitrogens with zero attached hydrogens (tertiary/aromatic N) is 2. The lowest BCUT2D eigenvalue weighted by Crippen LogP contribution is -2.53. The van der Waals surface area contributed by atoms with Crippen LogP contribution in [0.25, 0.3) is 0 Å². The summed E-state index contributed by atoms with van der Waals surface area (Å²) in [5.41, 5.74) is 0. The molecule has 3 atom stereocenters. The molecule has 0 bridgehead atoms. The Morgan fingerprint density at radius 2 is 2.04 bits per heavy atom. The number of ether oxygens (including phenoxy) is 1. The molecule has 6 heteroatoms. The average Bonchev–Trinajstić information content (AvgIpc) is 3.02. The van der Waals surface area contributed by atoms with E-state index in [1.54, 1.807) is 0 Å². The predicted molar refractivity (Wildman–Crippen MR) is 100 cm³/mol. The predicted octanol–water partition coefficient (Wildman–Crippen LogP) is 1.79. The lowest BCUT2D eigenvalue weighted by Gasteiger charge is -2.37. The molecule has 134 valence electrons. The summed E-state index contributed by atoms with van der Waals surface area (Å²) in [6.45, 7) is 9.33. The van der Waals surface area contributed by atoms with Gasteiger partial charge in [-0.2, -0.15) is 11.8 Å². The number of hydrogen-bond acceptors (Lipinski definition) is 4. The van der Waals surface area contributed by atoms with Crippen molar-refractivity contribution in [3.8, 4) is 0 Å². The highest BCUT2D eigenvalue weighted by molar-refractivity contribution is 7.99. The van der Waals surface area contributed by atoms with E-state index < -0.39 is 0 Å². The van der Waals surface area contributed by atoms with Crippen LogP contribution in [0.1, 0.15) is 33.1 Å². The third kappa shape index (κ3) is 5.84. The van der Waals surface area contributed by atoms with Crippen LogP contribution >= 0.6 is 11.8 Å². The van der Waals surface area contributed by atoms with Crippen molar-refractivity contribution in [2.45, 2.75) is 50.4 Å². The van der Waals surface area contributed by atoms with Gasteiger partial charge in [0.25, 0.3) is 0 Å². The van der Waals surface area contributed by atoms with Gasteiger partial charge in [-0.1, -0.05) is 13.8 Å². The Bertz CT molecular complexity index is 372. The van der Waals surface area contributed by atoms with Crippen LogP contribution in [0.3, 0.4) is 0 Å². The maximum absolute atomic E-state index is 5.49. The third-order valence-electron chi connectivity index (χ3n) is 5.05. The minimum atomic E-state index is 0.528. The van der Waals surface area contributed by atoms with Crippen molar-refractivity contribution in [2.24, 2.45) is 10.9 Å². The van der Waals surface area contributed by atoms with Gasteiger partial charge in [0.05, 0.1) is 13.2 Å². The topological polar surface area (TPSA) is 48.9 Å². The standard InChI is InChI=1S/C17H34N4OS/c1-13(2)16(21-7-9-22-10-8-21)12-19-17(18-3)20-14-5-6-15(11-14)23-4/h13-16H,5-12H2,1-4H3,(H2,18,19,20). The fourth-order valence-electron chi connectivity index (χ4n) is 3.57. The van der Waals surface area contributed by atoms with E-state index in [2.05, 4.69) is 40.6 Å². The summed E-state index contributed by atoms with van der Waals surface area (Å²) in [5, 5.41) is 7.97. The maximum atomic E-state index is 5.49. The van der Waals surface area contributed by atoms with Crippen LogP contribution < -0.4 is 10.6 Å². The average molecular weight is 343 g/mol. The molecule has 23 heavy (non-hydrogen) atoms. The SMILES string of the molecule is CN=C(NCC(C(C)C)N1CCOCC1)NC1CCC(SC)C1. The Labute approximate surface area is 146 Å². The van der Waals surface area contributed by atoms with Gasteiger partial charge in [0.1, 0.15) is 0 Å². The second kappa shape index (κ2) is 9.74. The Hall–Kier alpha value is -0.460. The van der Waals surface area contributed by atoms with Crippen LogP contribution in [-0.2, 0) is 4.74 Å². The van der Waals surface area contributed by atoms with E-state index in [9.17, 15) is 0 Å². The lowest BCUT2D eigenvalue weighted by molar-refractivity contribution is 0.00751. The molecule has 3 unspecified atom stereocenters. The summed E-state index contributed by atoms with van der Waals surface area (Å²) < 4.78 is 5.49. The van der Waals surface area contributed by atoms with Gasteiger partial charge in [-0.15, -0.1) is 0 Å². The van der Waals surface area contributed by atoms with Gasteiger partial charge in [-0.25, -0.2) is 0 Å². The molecule has 0 radical (unpaired) electrons. The number of thioether (sulfide) groups is 1. The summed E-state index contributed by atoms with van der Waals surface area (Å²) in [5.74, 6) is 1.57. The van der Waals surface area contributed by atoms with Crippen molar-refractivity contribution in [1.82, 2.24) is 15.5 Å². The largest absolute Gasteiger partial charge is 0.379 e. The first-order valence-corrected chi connectivity index (χ1v) is 10.2. The minimum Gasteiger partial charge on any atom is -0.379 e. The first-order valence-electron chi connectivity index (χ1n) is 8.95. The van der Waals surface area contributed by atoms with Gasteiger partial charge < -0.3 is 15.4 Å². The quantitative estimate of drug-likeness (QED) is 0.569. The first kappa shape index (κ1) is 18.9. The number of guanidine groups is 1. The van der Waals surface area contributed by atoms with Gasteiger partial charge in [0.15, 0.2) is 5.96 Å². The van der Waals surface area contributed by atoms with Gasteiger partial charge in [-0.3, -0.25) is 9.89 Å². The molecule has 1 aliphatic heterocycles. The number of nitrogens with one attached hydrogen (secondary N) is 2. The molecule has 1 heterocycles. The second-order valence-electron chi connectivity index (χ2n) is 6.92. The van der Waals surface area contributed by atoms with Crippen LogP contribution in [0.4, 0.5) is 0 Å². The Balaban J connectivity index is 1.80. The van der Waals surface area contributed by atoms with Gasteiger partial charge in [0, 0.05) is 44.0 Å². The molecule has 0 amide bonds. The number of morpholine rings is 1. The van der Waals surface area contributed by atoms with Crippen LogP contribution in [-0.4, -0.2) is 74.3 Å². The molecule has 0 spiro atoms. The smallest absolute Gasteiger partial charge is 0.191 e. The molecule has 1 saturated heterocycles. The Morgan fingerprint density at radius 1 is 1.30 bits per heavy atom. The molecule has 2 rings (SSSR count). The monoisotopic (exact) mass is 342 g/mol. The summed E-state index contributed by atoms with van der Waals surface area (Å²) >= 11 is 1.99. The van der Waals surface area contributed by atoms with E-state index in [1.807, 2.05) is 18.8 Å². The normalized spacial score (nSPS) is 28.1. The highest BCUT2D eigenvalue weighted by atomic mass is 32.2. The summed E-state index contributed by atoms with van der Waals surface area (Å²) in [7, 11) is 1.87. The van der Waals surface area contributed by atoms with Gasteiger partial charge in [0.2, 0.25) is 0 Å². The highest BCUT2D eigenvalue weighted by Crippen LogP contribution is 2.28. The van der Waals surface area contributed by atoms with Crippen LogP contribution in [0.2, 0.25) is 0 Å². The van der Waals surface area contributed by atoms with Gasteiger partial charge in [-0.05, 0) is 31.4 Å². The van der Waals surface area contributed by atoms with Crippen molar-refractivity contribution in [2.75, 3.05) is 46.2 Å². The molecular weight excluding hydrogens is 308 g/mol. The van der Waals surface area contributed by atoms with E-state index in [1.165, 1.54) is 19.3 Å². The fraction of sp³-hybridized carbons (Fsp3) is 0.941. The van der Waals surface area contributed by atoms with Crippen LogP contribution in [0, 0.1) is 5.92 Å². The molecule has 0 aromatic heterocycles. The van der Waals surface area contributed by atoms with Crippen molar-refractivity contribution < 1.29 is 4.74 Å². The van der Waals surface area contributed by atoms with E-state index in [0.717, 1.165) is 44.1 Å². The fourth-order valence-corrected chi connectivity index (χ4v) is 4.37. The molecular formula is C17H34N4OS. The van der Waals surface area contributed by atoms with Crippen molar-refractivity contribution >= 4 is 17.7 Å². The van der Waals surface area contributed by atoms with Crippen LogP contribution in [0.15, 0.2) is 4.99 Å². The van der Waals surface area contributed by atoms with E-state index >= 15 is 0 Å². The van der Waals surface area contributed by atoms with Crippen LogP contribution in [0.5, 0.6) is 0 Å². The third-order valence-corrected chi connectivity index (χ3v) is 6.14. The molecule has 1 saturated carbocycles. The van der Waals surface area contributed by atoms with E-state index in [-0.39, 0.29) is 0 Å². The summed E-state index contributed by atoms with van der Waals surface area (Å²) in [6, 6.07) is 1.10. The van der Waals surface area contributed by atoms with Crippen molar-refractivity contribution in [3.63, 3.8) is 0 Å².